The van der Waals surface area contributed by atoms with Crippen molar-refractivity contribution in [2.75, 3.05) is 40.4 Å². The van der Waals surface area contributed by atoms with Gasteiger partial charge in [-0.3, -0.25) is 9.69 Å². The number of rotatable bonds is 8. The van der Waals surface area contributed by atoms with Gasteiger partial charge in [0.1, 0.15) is 0 Å². The highest BCUT2D eigenvalue weighted by Crippen LogP contribution is 2.28. The zero-order chi connectivity index (χ0) is 20.6. The number of methoxy groups -OCH3 is 2. The van der Waals surface area contributed by atoms with Crippen molar-refractivity contribution in [3.8, 4) is 11.5 Å². The fourth-order valence-electron chi connectivity index (χ4n) is 3.75. The molecule has 0 saturated carbocycles. The molecular weight excluding hydrogens is 364 g/mol. The van der Waals surface area contributed by atoms with Crippen LogP contribution in [0, 0.1) is 6.92 Å². The summed E-state index contributed by atoms with van der Waals surface area (Å²) in [5.74, 6) is 1.78. The number of amides is 1. The second kappa shape index (κ2) is 10.3. The molecule has 1 aliphatic rings. The van der Waals surface area contributed by atoms with E-state index in [1.165, 1.54) is 16.7 Å². The van der Waals surface area contributed by atoms with Crippen LogP contribution in [-0.2, 0) is 17.8 Å². The van der Waals surface area contributed by atoms with E-state index < -0.39 is 0 Å². The molecule has 2 aromatic carbocycles. The standard InChI is InChI=1S/C24H32N2O3/c1-19-7-9-20(10-8-19)5-4-6-24(27)26-15-13-25(14-16-26)18-21-11-12-22(28-2)23(17-21)29-3/h7-12,17H,4-6,13-16,18H2,1-3H3. The number of piperazine rings is 1. The Balaban J connectivity index is 1.41. The molecule has 156 valence electrons. The molecule has 0 aliphatic carbocycles. The fourth-order valence-corrected chi connectivity index (χ4v) is 3.75. The smallest absolute Gasteiger partial charge is 0.222 e. The molecule has 1 saturated heterocycles. The highest BCUT2D eigenvalue weighted by atomic mass is 16.5. The second-order valence-corrected chi connectivity index (χ2v) is 7.69. The van der Waals surface area contributed by atoms with Gasteiger partial charge in [-0.2, -0.15) is 0 Å². The van der Waals surface area contributed by atoms with Gasteiger partial charge in [-0.1, -0.05) is 35.9 Å². The van der Waals surface area contributed by atoms with Crippen molar-refractivity contribution >= 4 is 5.91 Å². The molecule has 1 aliphatic heterocycles. The van der Waals surface area contributed by atoms with Crippen molar-refractivity contribution in [2.24, 2.45) is 0 Å². The summed E-state index contributed by atoms with van der Waals surface area (Å²) in [6.45, 7) is 6.36. The Morgan fingerprint density at radius 3 is 2.21 bits per heavy atom. The zero-order valence-electron chi connectivity index (χ0n) is 17.8. The number of hydrogen-bond acceptors (Lipinski definition) is 4. The lowest BCUT2D eigenvalue weighted by Gasteiger charge is -2.35. The largest absolute Gasteiger partial charge is 0.493 e. The van der Waals surface area contributed by atoms with E-state index in [9.17, 15) is 4.79 Å². The maximum absolute atomic E-state index is 12.5. The molecule has 29 heavy (non-hydrogen) atoms. The Labute approximate surface area is 174 Å². The van der Waals surface area contributed by atoms with Gasteiger partial charge in [-0.05, 0) is 43.0 Å². The number of ether oxygens (including phenoxy) is 2. The SMILES string of the molecule is COc1ccc(CN2CCN(C(=O)CCCc3ccc(C)cc3)CC2)cc1OC. The predicted octanol–water partition coefficient (Wildman–Crippen LogP) is 3.68. The lowest BCUT2D eigenvalue weighted by atomic mass is 10.1. The summed E-state index contributed by atoms with van der Waals surface area (Å²) >= 11 is 0. The molecule has 1 heterocycles. The number of carbonyl (C=O) groups excluding carboxylic acids is 1. The maximum atomic E-state index is 12.5. The molecule has 0 radical (unpaired) electrons. The molecular formula is C24H32N2O3. The Hall–Kier alpha value is -2.53. The number of carbonyl (C=O) groups is 1. The molecule has 1 fully saturated rings. The monoisotopic (exact) mass is 396 g/mol. The van der Waals surface area contributed by atoms with Gasteiger partial charge in [0.2, 0.25) is 5.91 Å². The van der Waals surface area contributed by atoms with Crippen molar-refractivity contribution < 1.29 is 14.3 Å². The highest BCUT2D eigenvalue weighted by molar-refractivity contribution is 5.76. The minimum Gasteiger partial charge on any atom is -0.493 e. The summed E-state index contributed by atoms with van der Waals surface area (Å²) in [5.41, 5.74) is 3.78. The fraction of sp³-hybridized carbons (Fsp3) is 0.458. The first-order valence-electron chi connectivity index (χ1n) is 10.4. The number of hydrogen-bond donors (Lipinski definition) is 0. The number of nitrogens with zero attached hydrogens (tertiary/aromatic N) is 2. The summed E-state index contributed by atoms with van der Waals surface area (Å²) in [6.07, 6.45) is 2.50. The van der Waals surface area contributed by atoms with E-state index in [2.05, 4.69) is 42.2 Å². The van der Waals surface area contributed by atoms with Crippen molar-refractivity contribution in [3.05, 3.63) is 59.2 Å². The van der Waals surface area contributed by atoms with E-state index in [1.54, 1.807) is 14.2 Å². The molecule has 0 N–H and O–H groups in total. The Bertz CT molecular complexity index is 796. The molecule has 0 unspecified atom stereocenters. The van der Waals surface area contributed by atoms with Gasteiger partial charge in [-0.15, -0.1) is 0 Å². The van der Waals surface area contributed by atoms with Crippen LogP contribution in [0.15, 0.2) is 42.5 Å². The first kappa shape index (κ1) is 21.2. The van der Waals surface area contributed by atoms with E-state index in [4.69, 9.17) is 9.47 Å². The molecule has 5 nitrogen and oxygen atoms in total. The van der Waals surface area contributed by atoms with Crippen LogP contribution in [0.25, 0.3) is 0 Å². The predicted molar refractivity (Wildman–Crippen MR) is 116 cm³/mol. The van der Waals surface area contributed by atoms with Crippen LogP contribution in [0.4, 0.5) is 0 Å². The minimum atomic E-state index is 0.280. The summed E-state index contributed by atoms with van der Waals surface area (Å²) in [6, 6.07) is 14.6. The maximum Gasteiger partial charge on any atom is 0.222 e. The van der Waals surface area contributed by atoms with E-state index in [-0.39, 0.29) is 5.91 Å². The first-order chi connectivity index (χ1) is 14.1. The van der Waals surface area contributed by atoms with E-state index in [0.29, 0.717) is 6.42 Å². The van der Waals surface area contributed by atoms with Gasteiger partial charge in [0.15, 0.2) is 11.5 Å². The Morgan fingerprint density at radius 1 is 0.897 bits per heavy atom. The normalized spacial score (nSPS) is 14.7. The van der Waals surface area contributed by atoms with Crippen LogP contribution < -0.4 is 9.47 Å². The molecule has 5 heteroatoms. The minimum absolute atomic E-state index is 0.280. The van der Waals surface area contributed by atoms with Crippen LogP contribution in [0.1, 0.15) is 29.5 Å². The first-order valence-corrected chi connectivity index (χ1v) is 10.4. The lowest BCUT2D eigenvalue weighted by molar-refractivity contribution is -0.133. The van der Waals surface area contributed by atoms with Crippen molar-refractivity contribution in [3.63, 3.8) is 0 Å². The zero-order valence-corrected chi connectivity index (χ0v) is 17.8. The van der Waals surface area contributed by atoms with Crippen molar-refractivity contribution in [1.29, 1.82) is 0 Å². The summed E-state index contributed by atoms with van der Waals surface area (Å²) in [5, 5.41) is 0. The van der Waals surface area contributed by atoms with Gasteiger partial charge < -0.3 is 14.4 Å². The second-order valence-electron chi connectivity index (χ2n) is 7.69. The van der Waals surface area contributed by atoms with E-state index in [1.807, 2.05) is 17.0 Å². The topological polar surface area (TPSA) is 42.0 Å². The number of aryl methyl sites for hydroxylation is 2. The van der Waals surface area contributed by atoms with Gasteiger partial charge in [0.05, 0.1) is 14.2 Å². The molecule has 3 rings (SSSR count). The molecule has 0 aromatic heterocycles. The van der Waals surface area contributed by atoms with Crippen molar-refractivity contribution in [2.45, 2.75) is 32.7 Å². The van der Waals surface area contributed by atoms with Crippen molar-refractivity contribution in [1.82, 2.24) is 9.80 Å². The Morgan fingerprint density at radius 2 is 1.55 bits per heavy atom. The third-order valence-corrected chi connectivity index (χ3v) is 5.56. The third kappa shape index (κ3) is 5.97. The molecule has 1 amide bonds. The number of benzene rings is 2. The molecule has 0 spiro atoms. The highest BCUT2D eigenvalue weighted by Gasteiger charge is 2.21. The van der Waals surface area contributed by atoms with Gasteiger partial charge in [-0.25, -0.2) is 0 Å². The molecule has 0 bridgehead atoms. The van der Waals surface area contributed by atoms with Crippen LogP contribution >= 0.6 is 0 Å². The van der Waals surface area contributed by atoms with Crippen LogP contribution in [0.2, 0.25) is 0 Å². The van der Waals surface area contributed by atoms with E-state index in [0.717, 1.165) is 57.1 Å². The average Bonchev–Trinajstić information content (AvgIpc) is 2.75. The molecule has 0 atom stereocenters. The van der Waals surface area contributed by atoms with Crippen LogP contribution in [0.5, 0.6) is 11.5 Å². The van der Waals surface area contributed by atoms with E-state index >= 15 is 0 Å². The summed E-state index contributed by atoms with van der Waals surface area (Å²) in [7, 11) is 3.30. The van der Waals surface area contributed by atoms with Gasteiger partial charge in [0.25, 0.3) is 0 Å². The van der Waals surface area contributed by atoms with Crippen LogP contribution in [0.3, 0.4) is 0 Å². The van der Waals surface area contributed by atoms with Gasteiger partial charge in [0, 0.05) is 39.1 Å². The quantitative estimate of drug-likeness (QED) is 0.683. The summed E-state index contributed by atoms with van der Waals surface area (Å²) < 4.78 is 10.7. The lowest BCUT2D eigenvalue weighted by Crippen LogP contribution is -2.48. The Kier molecular flexibility index (Phi) is 7.53. The molecule has 2 aromatic rings. The van der Waals surface area contributed by atoms with Crippen LogP contribution in [-0.4, -0.2) is 56.1 Å². The summed E-state index contributed by atoms with van der Waals surface area (Å²) in [4.78, 5) is 16.9. The average molecular weight is 397 g/mol. The third-order valence-electron chi connectivity index (χ3n) is 5.56. The van der Waals surface area contributed by atoms with Gasteiger partial charge >= 0.3 is 0 Å².